The highest BCUT2D eigenvalue weighted by atomic mass is 19.1. The first-order valence-electron chi connectivity index (χ1n) is 9.13. The molecular formula is C19H24FN6O+. The van der Waals surface area contributed by atoms with Crippen LogP contribution in [0.3, 0.4) is 0 Å². The van der Waals surface area contributed by atoms with Gasteiger partial charge in [-0.25, -0.2) is 13.6 Å². The first kappa shape index (κ1) is 17.5. The maximum absolute atomic E-state index is 14.6. The number of rotatable bonds is 5. The predicted molar refractivity (Wildman–Crippen MR) is 99.8 cm³/mol. The van der Waals surface area contributed by atoms with Crippen molar-refractivity contribution in [3.8, 4) is 0 Å². The Labute approximate surface area is 156 Å². The van der Waals surface area contributed by atoms with E-state index in [4.69, 9.17) is 10.6 Å². The molecule has 1 aliphatic heterocycles. The lowest BCUT2D eigenvalue weighted by Crippen LogP contribution is -2.33. The first-order chi connectivity index (χ1) is 13.1. The van der Waals surface area contributed by atoms with E-state index in [0.29, 0.717) is 17.7 Å². The van der Waals surface area contributed by atoms with Crippen LogP contribution in [0.5, 0.6) is 0 Å². The summed E-state index contributed by atoms with van der Waals surface area (Å²) in [5, 5.41) is 7.26. The van der Waals surface area contributed by atoms with Gasteiger partial charge in [-0.1, -0.05) is 17.3 Å². The maximum atomic E-state index is 14.6. The number of aromatic nitrogens is 3. The molecule has 3 heterocycles. The molecule has 3 aromatic rings. The number of piperidine rings is 1. The molecule has 1 fully saturated rings. The highest BCUT2D eigenvalue weighted by molar-refractivity contribution is 5.97. The summed E-state index contributed by atoms with van der Waals surface area (Å²) in [6.45, 7) is 2.26. The SMILES string of the molecule is Cn1ccc2n1cc[n+]2Cc1ccc(C(N)=NOC2CCNCC2)cc1F. The minimum absolute atomic E-state index is 0.0634. The van der Waals surface area contributed by atoms with E-state index in [1.165, 1.54) is 6.07 Å². The summed E-state index contributed by atoms with van der Waals surface area (Å²) in [7, 11) is 1.96. The van der Waals surface area contributed by atoms with Crippen molar-refractivity contribution in [2.45, 2.75) is 25.5 Å². The molecule has 0 spiro atoms. The molecule has 0 aliphatic carbocycles. The molecule has 4 rings (SSSR count). The van der Waals surface area contributed by atoms with Gasteiger partial charge in [-0.05, 0) is 32.0 Å². The van der Waals surface area contributed by atoms with Crippen LogP contribution in [0.2, 0.25) is 0 Å². The van der Waals surface area contributed by atoms with Crippen LogP contribution in [0, 0.1) is 5.82 Å². The number of benzene rings is 1. The quantitative estimate of drug-likeness (QED) is 0.306. The lowest BCUT2D eigenvalue weighted by molar-refractivity contribution is -0.662. The zero-order valence-corrected chi connectivity index (χ0v) is 15.3. The smallest absolute Gasteiger partial charge is 0.307 e. The fraction of sp³-hybridized carbons (Fsp3) is 0.368. The lowest BCUT2D eigenvalue weighted by Gasteiger charge is -2.20. The molecule has 7 nitrogen and oxygen atoms in total. The molecule has 0 radical (unpaired) electrons. The fourth-order valence-corrected chi connectivity index (χ4v) is 3.35. The molecule has 0 saturated carbocycles. The Balaban J connectivity index is 1.48. The molecule has 1 aromatic carbocycles. The second-order valence-electron chi connectivity index (χ2n) is 6.86. The van der Waals surface area contributed by atoms with Crippen LogP contribution in [0.25, 0.3) is 5.65 Å². The van der Waals surface area contributed by atoms with Gasteiger partial charge in [0.2, 0.25) is 0 Å². The van der Waals surface area contributed by atoms with Gasteiger partial charge in [-0.2, -0.15) is 0 Å². The molecule has 142 valence electrons. The molecule has 27 heavy (non-hydrogen) atoms. The van der Waals surface area contributed by atoms with E-state index in [0.717, 1.165) is 31.6 Å². The third-order valence-electron chi connectivity index (χ3n) is 4.97. The van der Waals surface area contributed by atoms with Gasteiger partial charge in [0.15, 0.2) is 12.0 Å². The molecule has 0 atom stereocenters. The minimum atomic E-state index is -0.310. The van der Waals surface area contributed by atoms with Crippen molar-refractivity contribution < 1.29 is 13.8 Å². The average Bonchev–Trinajstić information content (AvgIpc) is 3.25. The lowest BCUT2D eigenvalue weighted by atomic mass is 10.1. The Bertz CT molecular complexity index is 970. The van der Waals surface area contributed by atoms with Gasteiger partial charge in [0.05, 0.1) is 0 Å². The highest BCUT2D eigenvalue weighted by Gasteiger charge is 2.16. The van der Waals surface area contributed by atoms with Crippen molar-refractivity contribution in [2.75, 3.05) is 13.1 Å². The van der Waals surface area contributed by atoms with Crippen LogP contribution in [-0.2, 0) is 18.4 Å². The number of nitrogens with one attached hydrogen (secondary N) is 1. The molecular weight excluding hydrogens is 347 g/mol. The molecule has 2 aromatic heterocycles. The number of imidazole rings is 1. The standard InChI is InChI=1S/C19H24FN6O/c1-24-9-6-18-25(10-11-26(18)24)13-15-3-2-14(12-17(15)20)19(21)23-27-16-4-7-22-8-5-16/h2-3,6,9-12,16,22H,4-5,7-8,13H2,1H3,(H2,21,23)/q+1. The number of hydrogen-bond donors (Lipinski definition) is 2. The van der Waals surface area contributed by atoms with Gasteiger partial charge in [-0.15, -0.1) is 4.52 Å². The molecule has 0 unspecified atom stereocenters. The predicted octanol–water partition coefficient (Wildman–Crippen LogP) is 1.14. The largest absolute Gasteiger partial charge is 0.391 e. The zero-order chi connectivity index (χ0) is 18.8. The minimum Gasteiger partial charge on any atom is -0.391 e. The maximum Gasteiger partial charge on any atom is 0.307 e. The number of halogens is 1. The summed E-state index contributed by atoms with van der Waals surface area (Å²) >= 11 is 0. The summed E-state index contributed by atoms with van der Waals surface area (Å²) in [5.74, 6) is -0.115. The van der Waals surface area contributed by atoms with Crippen LogP contribution >= 0.6 is 0 Å². The summed E-state index contributed by atoms with van der Waals surface area (Å²) in [6.07, 6.45) is 7.70. The van der Waals surface area contributed by atoms with Crippen LogP contribution in [-0.4, -0.2) is 34.2 Å². The summed E-state index contributed by atoms with van der Waals surface area (Å²) < 4.78 is 20.6. The van der Waals surface area contributed by atoms with Crippen molar-refractivity contribution in [2.24, 2.45) is 17.9 Å². The van der Waals surface area contributed by atoms with Crippen molar-refractivity contribution in [3.63, 3.8) is 0 Å². The molecule has 1 saturated heterocycles. The molecule has 0 bridgehead atoms. The second kappa shape index (κ2) is 7.40. The Morgan fingerprint density at radius 2 is 2.15 bits per heavy atom. The van der Waals surface area contributed by atoms with Gasteiger partial charge in [0.25, 0.3) is 0 Å². The number of aryl methyl sites for hydroxylation is 1. The number of nitrogens with zero attached hydrogens (tertiary/aromatic N) is 4. The Kier molecular flexibility index (Phi) is 4.81. The van der Waals surface area contributed by atoms with E-state index >= 15 is 0 Å². The van der Waals surface area contributed by atoms with Gasteiger partial charge in [0.1, 0.15) is 24.7 Å². The average molecular weight is 371 g/mol. The van der Waals surface area contributed by atoms with E-state index in [-0.39, 0.29) is 17.8 Å². The number of fused-ring (bicyclic) bond motifs is 1. The van der Waals surface area contributed by atoms with Crippen molar-refractivity contribution in [3.05, 3.63) is 59.8 Å². The van der Waals surface area contributed by atoms with E-state index in [1.807, 2.05) is 45.5 Å². The third-order valence-corrected chi connectivity index (χ3v) is 4.97. The number of hydrogen-bond acceptors (Lipinski definition) is 3. The second-order valence-corrected chi connectivity index (χ2v) is 6.86. The monoisotopic (exact) mass is 371 g/mol. The van der Waals surface area contributed by atoms with Crippen LogP contribution < -0.4 is 15.6 Å². The highest BCUT2D eigenvalue weighted by Crippen LogP contribution is 2.13. The van der Waals surface area contributed by atoms with Crippen LogP contribution in [0.1, 0.15) is 24.0 Å². The van der Waals surface area contributed by atoms with Crippen LogP contribution in [0.15, 0.2) is 48.0 Å². The first-order valence-corrected chi connectivity index (χ1v) is 9.13. The molecule has 1 aliphatic rings. The zero-order valence-electron chi connectivity index (χ0n) is 15.3. The van der Waals surface area contributed by atoms with E-state index in [9.17, 15) is 4.39 Å². The van der Waals surface area contributed by atoms with Crippen molar-refractivity contribution in [1.29, 1.82) is 0 Å². The Morgan fingerprint density at radius 3 is 2.93 bits per heavy atom. The van der Waals surface area contributed by atoms with Gasteiger partial charge >= 0.3 is 5.65 Å². The number of nitrogens with two attached hydrogens (primary N) is 1. The van der Waals surface area contributed by atoms with Crippen molar-refractivity contribution >= 4 is 11.5 Å². The number of oxime groups is 1. The summed E-state index contributed by atoms with van der Waals surface area (Å²) in [4.78, 5) is 5.50. The van der Waals surface area contributed by atoms with E-state index in [1.54, 1.807) is 12.1 Å². The summed E-state index contributed by atoms with van der Waals surface area (Å²) in [5.41, 5.74) is 8.09. The van der Waals surface area contributed by atoms with E-state index < -0.39 is 0 Å². The van der Waals surface area contributed by atoms with Crippen LogP contribution in [0.4, 0.5) is 4.39 Å². The van der Waals surface area contributed by atoms with Crippen molar-refractivity contribution in [1.82, 2.24) is 14.5 Å². The van der Waals surface area contributed by atoms with Gasteiger partial charge in [-0.3, -0.25) is 0 Å². The van der Waals surface area contributed by atoms with Gasteiger partial charge in [0, 0.05) is 30.4 Å². The normalized spacial score (nSPS) is 16.1. The fourth-order valence-electron chi connectivity index (χ4n) is 3.35. The Hall–Kier alpha value is -2.87. The van der Waals surface area contributed by atoms with E-state index in [2.05, 4.69) is 10.5 Å². The molecule has 8 heteroatoms. The summed E-state index contributed by atoms with van der Waals surface area (Å²) in [6, 6.07) is 6.94. The number of amidine groups is 1. The third kappa shape index (κ3) is 3.66. The molecule has 0 amide bonds. The topological polar surface area (TPSA) is 72.9 Å². The van der Waals surface area contributed by atoms with Gasteiger partial charge < -0.3 is 15.9 Å². The molecule has 3 N–H and O–H groups in total. The Morgan fingerprint density at radius 1 is 1.33 bits per heavy atom.